The van der Waals surface area contributed by atoms with E-state index in [0.29, 0.717) is 12.1 Å². The highest BCUT2D eigenvalue weighted by molar-refractivity contribution is 7.85. The van der Waals surface area contributed by atoms with Gasteiger partial charge in [-0.2, -0.15) is 18.5 Å². The van der Waals surface area contributed by atoms with Gasteiger partial charge in [0.2, 0.25) is 0 Å². The minimum Gasteiger partial charge on any atom is -0.282 e. The van der Waals surface area contributed by atoms with Crippen LogP contribution in [0.15, 0.2) is 22.1 Å². The first-order chi connectivity index (χ1) is 9.24. The molecule has 2 rings (SSSR count). The number of nitrogens with zero attached hydrogens (tertiary/aromatic N) is 2. The summed E-state index contributed by atoms with van der Waals surface area (Å²) in [5.41, 5.74) is 0.787. The van der Waals surface area contributed by atoms with Crippen LogP contribution in [0.5, 0.6) is 0 Å². The molecule has 0 radical (unpaired) electrons. The van der Waals surface area contributed by atoms with Gasteiger partial charge in [0, 0.05) is 5.71 Å². The summed E-state index contributed by atoms with van der Waals surface area (Å²) in [5.74, 6) is -0.301. The second kappa shape index (κ2) is 5.33. The Bertz CT molecular complexity index is 692. The molecule has 1 aliphatic heterocycles. The standard InChI is InChI=1S/C11H10Cl2N2O4S/c1-2-6-3-10(16)15(14-6)11-8(12)4-7(5-9(11)13)20(17,18)19/h4-5H,2-3H2,1H3,(H,17,18,19). The highest BCUT2D eigenvalue weighted by Gasteiger charge is 2.29. The van der Waals surface area contributed by atoms with Gasteiger partial charge in [-0.1, -0.05) is 30.1 Å². The Morgan fingerprint density at radius 2 is 1.90 bits per heavy atom. The molecule has 0 unspecified atom stereocenters. The number of anilines is 1. The van der Waals surface area contributed by atoms with Crippen molar-refractivity contribution in [1.82, 2.24) is 0 Å². The van der Waals surface area contributed by atoms with Crippen molar-refractivity contribution in [2.45, 2.75) is 24.7 Å². The van der Waals surface area contributed by atoms with E-state index in [1.54, 1.807) is 0 Å². The predicted octanol–water partition coefficient (Wildman–Crippen LogP) is 2.74. The Kier molecular flexibility index (Phi) is 4.06. The van der Waals surface area contributed by atoms with Crippen LogP contribution in [0.4, 0.5) is 5.69 Å². The molecule has 20 heavy (non-hydrogen) atoms. The summed E-state index contributed by atoms with van der Waals surface area (Å²) >= 11 is 11.9. The lowest BCUT2D eigenvalue weighted by Crippen LogP contribution is -2.20. The maximum absolute atomic E-state index is 11.9. The van der Waals surface area contributed by atoms with Crippen molar-refractivity contribution >= 4 is 50.6 Å². The third kappa shape index (κ3) is 2.80. The van der Waals surface area contributed by atoms with Gasteiger partial charge in [-0.25, -0.2) is 0 Å². The summed E-state index contributed by atoms with van der Waals surface area (Å²) in [7, 11) is -4.43. The van der Waals surface area contributed by atoms with Crippen molar-refractivity contribution < 1.29 is 17.8 Å². The highest BCUT2D eigenvalue weighted by Crippen LogP contribution is 2.38. The molecule has 6 nitrogen and oxygen atoms in total. The first-order valence-corrected chi connectivity index (χ1v) is 7.79. The molecule has 0 fully saturated rings. The second-order valence-corrected chi connectivity index (χ2v) is 6.35. The zero-order chi connectivity index (χ0) is 15.1. The molecule has 0 aromatic heterocycles. The molecule has 1 aromatic carbocycles. The van der Waals surface area contributed by atoms with Crippen LogP contribution in [-0.4, -0.2) is 24.6 Å². The van der Waals surface area contributed by atoms with Crippen molar-refractivity contribution in [1.29, 1.82) is 0 Å². The summed E-state index contributed by atoms with van der Waals surface area (Å²) in [4.78, 5) is 11.4. The molecule has 1 amide bonds. The van der Waals surface area contributed by atoms with E-state index in [2.05, 4.69) is 5.10 Å². The number of hydrazone groups is 1. The molecule has 0 saturated carbocycles. The first kappa shape index (κ1) is 15.2. The number of carbonyl (C=O) groups is 1. The van der Waals surface area contributed by atoms with Gasteiger partial charge in [0.25, 0.3) is 16.0 Å². The summed E-state index contributed by atoms with van der Waals surface area (Å²) < 4.78 is 31.1. The molecule has 0 bridgehead atoms. The van der Waals surface area contributed by atoms with Gasteiger partial charge in [0.05, 0.1) is 21.4 Å². The smallest absolute Gasteiger partial charge is 0.282 e. The quantitative estimate of drug-likeness (QED) is 0.859. The fourth-order valence-electron chi connectivity index (χ4n) is 1.75. The monoisotopic (exact) mass is 336 g/mol. The topological polar surface area (TPSA) is 87.0 Å². The van der Waals surface area contributed by atoms with Crippen molar-refractivity contribution in [3.63, 3.8) is 0 Å². The number of hydrogen-bond donors (Lipinski definition) is 1. The van der Waals surface area contributed by atoms with Crippen LogP contribution in [0.2, 0.25) is 10.0 Å². The summed E-state index contributed by atoms with van der Waals surface area (Å²) in [6, 6.07) is 2.04. The molecule has 0 spiro atoms. The summed E-state index contributed by atoms with van der Waals surface area (Å²) in [5, 5.41) is 4.98. The lowest BCUT2D eigenvalue weighted by atomic mass is 10.2. The Morgan fingerprint density at radius 1 is 1.35 bits per heavy atom. The zero-order valence-corrected chi connectivity index (χ0v) is 12.6. The van der Waals surface area contributed by atoms with Crippen LogP contribution < -0.4 is 5.01 Å². The molecule has 108 valence electrons. The van der Waals surface area contributed by atoms with E-state index in [9.17, 15) is 13.2 Å². The molecule has 9 heteroatoms. The third-order valence-electron chi connectivity index (χ3n) is 2.74. The van der Waals surface area contributed by atoms with Gasteiger partial charge in [0.15, 0.2) is 0 Å². The molecular weight excluding hydrogens is 327 g/mol. The third-order valence-corrected chi connectivity index (χ3v) is 4.15. The molecule has 0 aliphatic carbocycles. The van der Waals surface area contributed by atoms with Gasteiger partial charge >= 0.3 is 0 Å². The number of rotatable bonds is 3. The van der Waals surface area contributed by atoms with E-state index in [-0.39, 0.29) is 28.1 Å². The number of halogens is 2. The Labute approximate surface area is 125 Å². The van der Waals surface area contributed by atoms with E-state index in [1.165, 1.54) is 0 Å². The summed E-state index contributed by atoms with van der Waals surface area (Å²) in [6.07, 6.45) is 0.782. The fraction of sp³-hybridized carbons (Fsp3) is 0.273. The predicted molar refractivity (Wildman–Crippen MR) is 76.1 cm³/mol. The van der Waals surface area contributed by atoms with E-state index >= 15 is 0 Å². The van der Waals surface area contributed by atoms with E-state index in [1.807, 2.05) is 6.92 Å². The average Bonchev–Trinajstić information content (AvgIpc) is 2.69. The van der Waals surface area contributed by atoms with Crippen LogP contribution in [0, 0.1) is 0 Å². The molecule has 1 aliphatic rings. The van der Waals surface area contributed by atoms with Gasteiger partial charge in [-0.3, -0.25) is 9.35 Å². The molecule has 1 aromatic rings. The number of carbonyl (C=O) groups excluding carboxylic acids is 1. The summed E-state index contributed by atoms with van der Waals surface area (Å²) in [6.45, 7) is 1.86. The van der Waals surface area contributed by atoms with E-state index in [4.69, 9.17) is 27.8 Å². The Balaban J connectivity index is 2.55. The minimum atomic E-state index is -4.43. The maximum atomic E-state index is 11.9. The number of benzene rings is 1. The van der Waals surface area contributed by atoms with Crippen LogP contribution >= 0.6 is 23.2 Å². The van der Waals surface area contributed by atoms with Crippen molar-refractivity contribution in [3.8, 4) is 0 Å². The zero-order valence-electron chi connectivity index (χ0n) is 10.3. The van der Waals surface area contributed by atoms with Crippen LogP contribution in [0.25, 0.3) is 0 Å². The van der Waals surface area contributed by atoms with Gasteiger partial charge < -0.3 is 0 Å². The van der Waals surface area contributed by atoms with E-state index in [0.717, 1.165) is 17.1 Å². The lowest BCUT2D eigenvalue weighted by Gasteiger charge is -2.16. The number of amides is 1. The Morgan fingerprint density at radius 3 is 2.30 bits per heavy atom. The highest BCUT2D eigenvalue weighted by atomic mass is 35.5. The normalized spacial score (nSPS) is 15.7. The Hall–Kier alpha value is -1.15. The molecule has 0 atom stereocenters. The largest absolute Gasteiger partial charge is 0.294 e. The molecular formula is C11H10Cl2N2O4S. The molecule has 1 heterocycles. The van der Waals surface area contributed by atoms with Crippen molar-refractivity contribution in [3.05, 3.63) is 22.2 Å². The molecule has 1 N–H and O–H groups in total. The average molecular weight is 337 g/mol. The maximum Gasteiger partial charge on any atom is 0.294 e. The van der Waals surface area contributed by atoms with E-state index < -0.39 is 15.0 Å². The SMILES string of the molecule is CCC1=NN(c2c(Cl)cc(S(=O)(=O)O)cc2Cl)C(=O)C1. The second-order valence-electron chi connectivity index (χ2n) is 4.11. The van der Waals surface area contributed by atoms with Crippen molar-refractivity contribution in [2.75, 3.05) is 5.01 Å². The van der Waals surface area contributed by atoms with Crippen LogP contribution in [0.1, 0.15) is 19.8 Å². The number of hydrogen-bond acceptors (Lipinski definition) is 4. The lowest BCUT2D eigenvalue weighted by molar-refractivity contribution is -0.116. The molecule has 0 saturated heterocycles. The van der Waals surface area contributed by atoms with Crippen LogP contribution in [0.3, 0.4) is 0 Å². The fourth-order valence-corrected chi connectivity index (χ4v) is 3.06. The van der Waals surface area contributed by atoms with Crippen LogP contribution in [-0.2, 0) is 14.9 Å². The minimum absolute atomic E-state index is 0.0837. The van der Waals surface area contributed by atoms with Gasteiger partial charge in [-0.15, -0.1) is 0 Å². The first-order valence-electron chi connectivity index (χ1n) is 5.60. The van der Waals surface area contributed by atoms with Gasteiger partial charge in [-0.05, 0) is 18.6 Å². The van der Waals surface area contributed by atoms with Crippen molar-refractivity contribution in [2.24, 2.45) is 5.10 Å². The van der Waals surface area contributed by atoms with Gasteiger partial charge in [0.1, 0.15) is 5.69 Å².